The number of hydrogen-bond donors (Lipinski definition) is 1. The van der Waals surface area contributed by atoms with Gasteiger partial charge in [0, 0.05) is 12.8 Å². The van der Waals surface area contributed by atoms with Crippen LogP contribution >= 0.6 is 0 Å². The highest BCUT2D eigenvalue weighted by molar-refractivity contribution is 5.71. The molecule has 0 spiro atoms. The van der Waals surface area contributed by atoms with Gasteiger partial charge in [0.1, 0.15) is 13.2 Å². The fourth-order valence-corrected chi connectivity index (χ4v) is 10.6. The van der Waals surface area contributed by atoms with Crippen LogP contribution in [0.15, 0.2) is 170 Å². The van der Waals surface area contributed by atoms with Crippen LogP contribution in [-0.2, 0) is 33.3 Å². The number of unbranched alkanes of at least 4 members (excludes halogenated alkanes) is 28. The van der Waals surface area contributed by atoms with E-state index in [1.54, 1.807) is 0 Å². The molecule has 0 aliphatic carbocycles. The van der Waals surface area contributed by atoms with Crippen LogP contribution in [0.5, 0.6) is 0 Å². The lowest BCUT2D eigenvalue weighted by atomic mass is 10.0. The van der Waals surface area contributed by atoms with Crippen molar-refractivity contribution in [3.8, 4) is 0 Å². The minimum Gasteiger partial charge on any atom is -0.477 e. The summed E-state index contributed by atoms with van der Waals surface area (Å²) in [4.78, 5) is 37.7. The van der Waals surface area contributed by atoms with E-state index in [4.69, 9.17) is 18.9 Å². The third-order valence-corrected chi connectivity index (χ3v) is 16.5. The van der Waals surface area contributed by atoms with E-state index < -0.39 is 24.3 Å². The molecule has 0 aromatic carbocycles. The molecule has 2 atom stereocenters. The van der Waals surface area contributed by atoms with Gasteiger partial charge in [0.05, 0.1) is 34.4 Å². The zero-order valence-electron chi connectivity index (χ0n) is 62.9. The number of carbonyl (C=O) groups is 3. The van der Waals surface area contributed by atoms with Crippen LogP contribution in [0.4, 0.5) is 0 Å². The number of rotatable bonds is 71. The number of quaternary nitrogens is 1. The summed E-state index contributed by atoms with van der Waals surface area (Å²) < 4.78 is 23.0. The summed E-state index contributed by atoms with van der Waals surface area (Å²) in [5.41, 5.74) is 0. The summed E-state index contributed by atoms with van der Waals surface area (Å²) in [7, 11) is 5.98. The molecule has 0 radical (unpaired) electrons. The number of carboxylic acids is 1. The van der Waals surface area contributed by atoms with Crippen LogP contribution in [0, 0.1) is 0 Å². The Morgan fingerprint density at radius 3 is 0.825 bits per heavy atom. The van der Waals surface area contributed by atoms with Gasteiger partial charge < -0.3 is 28.5 Å². The summed E-state index contributed by atoms with van der Waals surface area (Å²) >= 11 is 0. The Morgan fingerprint density at radius 1 is 0.309 bits per heavy atom. The van der Waals surface area contributed by atoms with Crippen molar-refractivity contribution in [2.45, 2.75) is 322 Å². The fourth-order valence-electron chi connectivity index (χ4n) is 10.6. The van der Waals surface area contributed by atoms with Gasteiger partial charge in [-0.15, -0.1) is 0 Å². The van der Waals surface area contributed by atoms with E-state index in [1.807, 2.05) is 21.1 Å². The zero-order valence-corrected chi connectivity index (χ0v) is 62.9. The minimum absolute atomic E-state index is 0.181. The first-order valence-corrected chi connectivity index (χ1v) is 39.3. The fraction of sp³-hybridized carbons (Fsp3) is 0.648. The Kier molecular flexibility index (Phi) is 72.2. The maximum Gasteiger partial charge on any atom is 0.361 e. The summed E-state index contributed by atoms with van der Waals surface area (Å²) in [6.45, 7) is 4.66. The number of esters is 2. The van der Waals surface area contributed by atoms with Crippen molar-refractivity contribution < 1.29 is 42.9 Å². The summed E-state index contributed by atoms with van der Waals surface area (Å²) in [6, 6.07) is 0. The first-order valence-electron chi connectivity index (χ1n) is 39.3. The molecular weight excluding hydrogens is 1200 g/mol. The van der Waals surface area contributed by atoms with Crippen molar-refractivity contribution in [1.82, 2.24) is 0 Å². The van der Waals surface area contributed by atoms with Crippen LogP contribution < -0.4 is 0 Å². The van der Waals surface area contributed by atoms with Gasteiger partial charge in [0.15, 0.2) is 6.10 Å². The normalized spacial score (nSPS) is 13.6. The van der Waals surface area contributed by atoms with E-state index in [2.05, 4.69) is 184 Å². The van der Waals surface area contributed by atoms with Gasteiger partial charge in [0.2, 0.25) is 0 Å². The summed E-state index contributed by atoms with van der Waals surface area (Å²) in [5.74, 6) is -2.01. The van der Waals surface area contributed by atoms with E-state index >= 15 is 0 Å². The third kappa shape index (κ3) is 77.9. The maximum atomic E-state index is 13.0. The number of nitrogens with zero attached hydrogens (tertiary/aromatic N) is 1. The molecule has 0 rings (SSSR count). The molecule has 0 aliphatic heterocycles. The SMILES string of the molecule is CC/C=C\C/C=C\C/C=C\C/C=C\C/C=C\C/C=C\C/C=C\CCCCCCCCCCCCCCCCCC(=O)OC(COC(=O)CCCCCCCCCCCCCCC/C=C\C/C=C\C/C=C\C/C=C\C/C=C\C/C=C\C/C=C\CC)COC(OCC[N+](C)(C)C)C(=O)O. The van der Waals surface area contributed by atoms with Crippen molar-refractivity contribution in [1.29, 1.82) is 0 Å². The molecule has 0 amide bonds. The predicted octanol–water partition coefficient (Wildman–Crippen LogP) is 25.4. The van der Waals surface area contributed by atoms with Crippen molar-refractivity contribution in [2.24, 2.45) is 0 Å². The van der Waals surface area contributed by atoms with Crippen LogP contribution in [0.1, 0.15) is 309 Å². The molecule has 97 heavy (non-hydrogen) atoms. The molecule has 9 nitrogen and oxygen atoms in total. The summed E-state index contributed by atoms with van der Waals surface area (Å²) in [5, 5.41) is 9.78. The Hall–Kier alpha value is -5.35. The number of carboxylic acid groups (broad SMARTS) is 1. The van der Waals surface area contributed by atoms with Crippen molar-refractivity contribution in [3.63, 3.8) is 0 Å². The molecule has 0 fully saturated rings. The molecule has 0 heterocycles. The second kappa shape index (κ2) is 76.4. The third-order valence-electron chi connectivity index (χ3n) is 16.5. The molecule has 0 saturated carbocycles. The van der Waals surface area contributed by atoms with E-state index in [0.29, 0.717) is 23.9 Å². The van der Waals surface area contributed by atoms with Crippen molar-refractivity contribution >= 4 is 17.9 Å². The van der Waals surface area contributed by atoms with Crippen molar-refractivity contribution in [3.05, 3.63) is 170 Å². The van der Waals surface area contributed by atoms with Crippen LogP contribution in [-0.4, -0.2) is 87.4 Å². The lowest BCUT2D eigenvalue weighted by Crippen LogP contribution is -2.40. The van der Waals surface area contributed by atoms with Gasteiger partial charge in [-0.3, -0.25) is 9.59 Å². The smallest absolute Gasteiger partial charge is 0.361 e. The van der Waals surface area contributed by atoms with E-state index in [-0.39, 0.29) is 32.2 Å². The molecule has 9 heteroatoms. The van der Waals surface area contributed by atoms with E-state index in [0.717, 1.165) is 128 Å². The van der Waals surface area contributed by atoms with Gasteiger partial charge in [-0.1, -0.05) is 338 Å². The van der Waals surface area contributed by atoms with Crippen LogP contribution in [0.3, 0.4) is 0 Å². The second-order valence-corrected chi connectivity index (χ2v) is 26.9. The van der Waals surface area contributed by atoms with Crippen LogP contribution in [0.25, 0.3) is 0 Å². The number of likely N-dealkylation sites (N-methyl/N-ethyl adjacent to an activating group) is 1. The number of hydrogen-bond acceptors (Lipinski definition) is 7. The highest BCUT2D eigenvalue weighted by atomic mass is 16.7. The van der Waals surface area contributed by atoms with Gasteiger partial charge in [-0.2, -0.15) is 0 Å². The number of aliphatic carboxylic acids is 1. The molecular formula is C88H146NO8+. The minimum atomic E-state index is -1.52. The zero-order chi connectivity index (χ0) is 70.4. The standard InChI is InChI=1S/C88H145NO8/c1-6-8-10-12-14-16-18-20-22-24-26-28-30-32-34-36-38-40-42-43-45-47-49-51-53-55-57-59-61-63-65-67-69-71-73-75-77-79-86(91)97-84(83-96-88(87(92)93)94-81-80-89(3,4)5)82-95-85(90)78-76-74-72-70-68-66-64-62-60-58-56-54-52-50-48-46-44-41-39-37-35-33-31-29-27-25-23-21-19-17-15-13-11-9-7-2/h8-11,14-17,20-23,26-29,32-35,38-41,43,45-46,48,84,88H,6-7,12-13,18-19,24-25,30-31,36-37,42,44,47,49-83H2,1-5H3/p+1/b10-8-,11-9-,16-14-,17-15-,22-20-,23-21-,28-26-,29-27-,34-32-,35-33-,40-38-,41-39-,45-43-,48-46-. The maximum absolute atomic E-state index is 13.0. The average molecular weight is 1350 g/mol. The second-order valence-electron chi connectivity index (χ2n) is 26.9. The topological polar surface area (TPSA) is 108 Å². The quantitative estimate of drug-likeness (QED) is 0.0211. The first kappa shape index (κ1) is 91.6. The molecule has 550 valence electrons. The predicted molar refractivity (Wildman–Crippen MR) is 419 cm³/mol. The Bertz CT molecular complexity index is 2210. The average Bonchev–Trinajstić information content (AvgIpc) is 3.11. The molecule has 1 N–H and O–H groups in total. The Morgan fingerprint density at radius 2 is 0.557 bits per heavy atom. The van der Waals surface area contributed by atoms with E-state index in [9.17, 15) is 19.5 Å². The summed E-state index contributed by atoms with van der Waals surface area (Å²) in [6.07, 6.45) is 112. The number of ether oxygens (including phenoxy) is 4. The van der Waals surface area contributed by atoms with Crippen molar-refractivity contribution in [2.75, 3.05) is 47.5 Å². The monoisotopic (exact) mass is 1350 g/mol. The lowest BCUT2D eigenvalue weighted by molar-refractivity contribution is -0.870. The van der Waals surface area contributed by atoms with Crippen LogP contribution in [0.2, 0.25) is 0 Å². The first-order chi connectivity index (χ1) is 47.6. The molecule has 0 saturated heterocycles. The van der Waals surface area contributed by atoms with Gasteiger partial charge in [-0.25, -0.2) is 4.79 Å². The number of carbonyl (C=O) groups excluding carboxylic acids is 2. The molecule has 2 unspecified atom stereocenters. The van der Waals surface area contributed by atoms with E-state index in [1.165, 1.54) is 148 Å². The largest absolute Gasteiger partial charge is 0.477 e. The van der Waals surface area contributed by atoms with Gasteiger partial charge >= 0.3 is 17.9 Å². The molecule has 0 aromatic rings. The lowest BCUT2D eigenvalue weighted by Gasteiger charge is -2.25. The highest BCUT2D eigenvalue weighted by Crippen LogP contribution is 2.17. The Balaban J connectivity index is 4.09. The number of allylic oxidation sites excluding steroid dienone is 28. The molecule has 0 aliphatic rings. The van der Waals surface area contributed by atoms with Gasteiger partial charge in [-0.05, 0) is 128 Å². The van der Waals surface area contributed by atoms with Gasteiger partial charge in [0.25, 0.3) is 6.29 Å². The molecule has 0 bridgehead atoms. The molecule has 0 aromatic heterocycles. The Labute approximate surface area is 597 Å². The highest BCUT2D eigenvalue weighted by Gasteiger charge is 2.25.